The number of halogens is 3. The molecule has 2 rings (SSSR count). The molecule has 0 saturated carbocycles. The Morgan fingerprint density at radius 1 is 1.08 bits per heavy atom. The molecule has 7 heteroatoms. The lowest BCUT2D eigenvalue weighted by atomic mass is 10.1. The van der Waals surface area contributed by atoms with Crippen molar-refractivity contribution in [3.63, 3.8) is 0 Å². The highest BCUT2D eigenvalue weighted by atomic mass is 19.2. The summed E-state index contributed by atoms with van der Waals surface area (Å²) in [5, 5.41) is 16.2. The minimum Gasteiger partial charge on any atom is -0.386 e. The van der Waals surface area contributed by atoms with Crippen LogP contribution in [0.3, 0.4) is 0 Å². The molecule has 2 atom stereocenters. The number of rotatable bonds is 6. The van der Waals surface area contributed by atoms with E-state index >= 15 is 0 Å². The Hall–Kier alpha value is -2.54. The van der Waals surface area contributed by atoms with Crippen LogP contribution in [0.15, 0.2) is 47.5 Å². The molecule has 0 fully saturated rings. The van der Waals surface area contributed by atoms with E-state index in [1.807, 2.05) is 6.92 Å². The fourth-order valence-corrected chi connectivity index (χ4v) is 2.41. The third-order valence-electron chi connectivity index (χ3n) is 3.83. The van der Waals surface area contributed by atoms with Crippen LogP contribution >= 0.6 is 0 Å². The average molecular weight is 365 g/mol. The standard InChI is InChI=1S/C19H22F3N3O/c1-3-23-19(24-11-18(26)14-6-4-5-7-15(14)20)25-12(2)13-8-9-16(21)17(22)10-13/h4-10,12,18,26H,3,11H2,1-2H3,(H2,23,24,25). The van der Waals surface area contributed by atoms with Crippen molar-refractivity contribution < 1.29 is 18.3 Å². The topological polar surface area (TPSA) is 56.7 Å². The quantitative estimate of drug-likeness (QED) is 0.543. The third-order valence-corrected chi connectivity index (χ3v) is 3.83. The van der Waals surface area contributed by atoms with Gasteiger partial charge in [0.2, 0.25) is 0 Å². The molecule has 0 aliphatic heterocycles. The van der Waals surface area contributed by atoms with Crippen molar-refractivity contribution in [1.82, 2.24) is 10.6 Å². The first kappa shape index (κ1) is 19.8. The van der Waals surface area contributed by atoms with Gasteiger partial charge in [-0.2, -0.15) is 0 Å². The molecule has 2 aromatic rings. The van der Waals surface area contributed by atoms with Crippen LogP contribution in [0, 0.1) is 17.5 Å². The van der Waals surface area contributed by atoms with Crippen molar-refractivity contribution in [2.45, 2.75) is 26.0 Å². The summed E-state index contributed by atoms with van der Waals surface area (Å²) < 4.78 is 40.2. The predicted octanol–water partition coefficient (Wildman–Crippen LogP) is 3.45. The summed E-state index contributed by atoms with van der Waals surface area (Å²) >= 11 is 0. The summed E-state index contributed by atoms with van der Waals surface area (Å²) in [7, 11) is 0. The molecule has 0 saturated heterocycles. The fourth-order valence-electron chi connectivity index (χ4n) is 2.41. The molecule has 3 N–H and O–H groups in total. The first-order chi connectivity index (χ1) is 12.4. The van der Waals surface area contributed by atoms with E-state index in [2.05, 4.69) is 15.6 Å². The Morgan fingerprint density at radius 2 is 1.81 bits per heavy atom. The number of aliphatic hydroxyl groups excluding tert-OH is 1. The molecular weight excluding hydrogens is 343 g/mol. The monoisotopic (exact) mass is 365 g/mol. The van der Waals surface area contributed by atoms with E-state index in [1.165, 1.54) is 18.2 Å². The number of nitrogens with zero attached hydrogens (tertiary/aromatic N) is 1. The Labute approximate surface area is 150 Å². The molecule has 4 nitrogen and oxygen atoms in total. The number of nitrogens with one attached hydrogen (secondary N) is 2. The minimum absolute atomic E-state index is 0.0548. The molecular formula is C19H22F3N3O. The van der Waals surface area contributed by atoms with Crippen LogP contribution in [0.1, 0.15) is 37.1 Å². The molecule has 0 heterocycles. The highest BCUT2D eigenvalue weighted by Gasteiger charge is 2.14. The van der Waals surface area contributed by atoms with Gasteiger partial charge in [-0.1, -0.05) is 24.3 Å². The van der Waals surface area contributed by atoms with Crippen molar-refractivity contribution in [1.29, 1.82) is 0 Å². The maximum absolute atomic E-state index is 13.7. The van der Waals surface area contributed by atoms with Gasteiger partial charge in [-0.15, -0.1) is 0 Å². The van der Waals surface area contributed by atoms with E-state index < -0.39 is 23.6 Å². The molecule has 0 aromatic heterocycles. The van der Waals surface area contributed by atoms with E-state index in [0.29, 0.717) is 18.1 Å². The molecule has 2 unspecified atom stereocenters. The molecule has 0 bridgehead atoms. The summed E-state index contributed by atoms with van der Waals surface area (Å²) in [6.45, 7) is 4.15. The van der Waals surface area contributed by atoms with E-state index in [-0.39, 0.29) is 18.2 Å². The number of hydrogen-bond acceptors (Lipinski definition) is 2. The maximum Gasteiger partial charge on any atom is 0.191 e. The molecule has 0 aliphatic carbocycles. The van der Waals surface area contributed by atoms with Gasteiger partial charge in [0.25, 0.3) is 0 Å². The van der Waals surface area contributed by atoms with Gasteiger partial charge >= 0.3 is 0 Å². The first-order valence-electron chi connectivity index (χ1n) is 8.34. The maximum atomic E-state index is 13.7. The normalized spacial score (nSPS) is 14.0. The third kappa shape index (κ3) is 5.23. The lowest BCUT2D eigenvalue weighted by molar-refractivity contribution is 0.182. The fraction of sp³-hybridized carbons (Fsp3) is 0.316. The largest absolute Gasteiger partial charge is 0.386 e. The van der Waals surface area contributed by atoms with E-state index in [0.717, 1.165) is 12.1 Å². The summed E-state index contributed by atoms with van der Waals surface area (Å²) in [5.74, 6) is -1.95. The molecule has 0 spiro atoms. The second-order valence-corrected chi connectivity index (χ2v) is 5.80. The van der Waals surface area contributed by atoms with Crippen molar-refractivity contribution in [2.75, 3.05) is 13.1 Å². The molecule has 0 amide bonds. The number of guanidine groups is 1. The summed E-state index contributed by atoms with van der Waals surface area (Å²) in [5.41, 5.74) is 0.713. The second-order valence-electron chi connectivity index (χ2n) is 5.80. The van der Waals surface area contributed by atoms with Crippen LogP contribution in [-0.2, 0) is 0 Å². The van der Waals surface area contributed by atoms with Gasteiger partial charge in [-0.3, -0.25) is 4.99 Å². The van der Waals surface area contributed by atoms with Gasteiger partial charge < -0.3 is 15.7 Å². The van der Waals surface area contributed by atoms with Crippen molar-refractivity contribution in [2.24, 2.45) is 4.99 Å². The summed E-state index contributed by atoms with van der Waals surface area (Å²) in [4.78, 5) is 4.25. The number of hydrogen-bond donors (Lipinski definition) is 3. The van der Waals surface area contributed by atoms with E-state index in [4.69, 9.17) is 0 Å². The number of benzene rings is 2. The minimum atomic E-state index is -1.09. The first-order valence-corrected chi connectivity index (χ1v) is 8.34. The molecule has 26 heavy (non-hydrogen) atoms. The zero-order valence-electron chi connectivity index (χ0n) is 14.6. The van der Waals surface area contributed by atoms with Crippen LogP contribution in [0.4, 0.5) is 13.2 Å². The van der Waals surface area contributed by atoms with Gasteiger partial charge in [0.05, 0.1) is 12.6 Å². The van der Waals surface area contributed by atoms with Gasteiger partial charge in [0.15, 0.2) is 17.6 Å². The summed E-state index contributed by atoms with van der Waals surface area (Å²) in [6.07, 6.45) is -1.09. The van der Waals surface area contributed by atoms with E-state index in [1.54, 1.807) is 19.1 Å². The van der Waals surface area contributed by atoms with Gasteiger partial charge in [-0.05, 0) is 37.6 Å². The van der Waals surface area contributed by atoms with Gasteiger partial charge in [0.1, 0.15) is 11.9 Å². The number of aliphatic imine (C=N–C) groups is 1. The highest BCUT2D eigenvalue weighted by Crippen LogP contribution is 2.18. The second kappa shape index (κ2) is 9.24. The lowest BCUT2D eigenvalue weighted by Crippen LogP contribution is -2.39. The van der Waals surface area contributed by atoms with Crippen LogP contribution in [-0.4, -0.2) is 24.2 Å². The zero-order valence-corrected chi connectivity index (χ0v) is 14.6. The Bertz CT molecular complexity index is 767. The molecule has 0 radical (unpaired) electrons. The molecule has 140 valence electrons. The van der Waals surface area contributed by atoms with E-state index in [9.17, 15) is 18.3 Å². The van der Waals surface area contributed by atoms with Gasteiger partial charge in [-0.25, -0.2) is 13.2 Å². The Kier molecular flexibility index (Phi) is 7.03. The number of aliphatic hydroxyl groups is 1. The highest BCUT2D eigenvalue weighted by molar-refractivity contribution is 5.80. The Balaban J connectivity index is 2.08. The van der Waals surface area contributed by atoms with Crippen LogP contribution in [0.25, 0.3) is 0 Å². The smallest absolute Gasteiger partial charge is 0.191 e. The SMILES string of the molecule is CCNC(=NCC(O)c1ccccc1F)NC(C)c1ccc(F)c(F)c1. The Morgan fingerprint density at radius 3 is 2.46 bits per heavy atom. The summed E-state index contributed by atoms with van der Waals surface area (Å²) in [6, 6.07) is 9.27. The van der Waals surface area contributed by atoms with Crippen LogP contribution < -0.4 is 10.6 Å². The van der Waals surface area contributed by atoms with Crippen molar-refractivity contribution >= 4 is 5.96 Å². The van der Waals surface area contributed by atoms with Crippen LogP contribution in [0.2, 0.25) is 0 Å². The average Bonchev–Trinajstić information content (AvgIpc) is 2.62. The van der Waals surface area contributed by atoms with Crippen molar-refractivity contribution in [3.05, 3.63) is 71.0 Å². The molecule has 0 aliphatic rings. The predicted molar refractivity (Wildman–Crippen MR) is 95.2 cm³/mol. The van der Waals surface area contributed by atoms with Crippen LogP contribution in [0.5, 0.6) is 0 Å². The lowest BCUT2D eigenvalue weighted by Gasteiger charge is -2.19. The van der Waals surface area contributed by atoms with Crippen molar-refractivity contribution in [3.8, 4) is 0 Å². The van der Waals surface area contributed by atoms with Gasteiger partial charge in [0, 0.05) is 12.1 Å². The zero-order chi connectivity index (χ0) is 19.1. The molecule has 2 aromatic carbocycles.